The zero-order chi connectivity index (χ0) is 29.1. The predicted molar refractivity (Wildman–Crippen MR) is 158 cm³/mol. The van der Waals surface area contributed by atoms with Crippen molar-refractivity contribution in [1.29, 1.82) is 0 Å². The van der Waals surface area contributed by atoms with Crippen LogP contribution in [0.4, 0.5) is 0 Å². The van der Waals surface area contributed by atoms with E-state index in [9.17, 15) is 18.0 Å². The Morgan fingerprint density at radius 2 is 1.54 bits per heavy atom. The Hall–Kier alpha value is -3.53. The van der Waals surface area contributed by atoms with Crippen molar-refractivity contribution < 1.29 is 22.7 Å². The molecule has 41 heavy (non-hydrogen) atoms. The van der Waals surface area contributed by atoms with Crippen molar-refractivity contribution in [3.63, 3.8) is 0 Å². The molecule has 1 N–H and O–H groups in total. The predicted octanol–water partition coefficient (Wildman–Crippen LogP) is 4.33. The van der Waals surface area contributed by atoms with Crippen LogP contribution in [0, 0.1) is 0 Å². The van der Waals surface area contributed by atoms with Gasteiger partial charge in [-0.15, -0.1) is 0 Å². The largest absolute Gasteiger partial charge is 0.385 e. The molecule has 3 aromatic carbocycles. The van der Waals surface area contributed by atoms with Gasteiger partial charge in [-0.1, -0.05) is 72.8 Å². The number of nitrogens with zero attached hydrogens (tertiary/aromatic N) is 2. The van der Waals surface area contributed by atoms with E-state index in [1.165, 1.54) is 4.31 Å². The highest BCUT2D eigenvalue weighted by atomic mass is 32.2. The lowest BCUT2D eigenvalue weighted by molar-refractivity contribution is -0.141. The molecule has 1 aliphatic heterocycles. The minimum absolute atomic E-state index is 0.163. The van der Waals surface area contributed by atoms with Crippen molar-refractivity contribution in [3.05, 3.63) is 102 Å². The summed E-state index contributed by atoms with van der Waals surface area (Å²) in [6.45, 7) is 2.35. The van der Waals surface area contributed by atoms with Crippen molar-refractivity contribution in [2.45, 2.75) is 49.6 Å². The molecule has 0 unspecified atom stereocenters. The van der Waals surface area contributed by atoms with Gasteiger partial charge >= 0.3 is 0 Å². The molecule has 218 valence electrons. The molecule has 0 radical (unpaired) electrons. The SMILES string of the molecule is COCCCNC(=O)[C@@H](c1ccccc1)N(Cc1ccccc1)C(=O)CCc1ccc(S(=O)(=O)N2CCCC2)cc1. The molecule has 1 fully saturated rings. The van der Waals surface area contributed by atoms with Gasteiger partial charge in [-0.2, -0.15) is 4.31 Å². The molecule has 0 bridgehead atoms. The highest BCUT2D eigenvalue weighted by Crippen LogP contribution is 2.26. The molecule has 3 aromatic rings. The molecule has 4 rings (SSSR count). The van der Waals surface area contributed by atoms with Gasteiger partial charge in [0.25, 0.3) is 0 Å². The van der Waals surface area contributed by atoms with Gasteiger partial charge in [-0.25, -0.2) is 8.42 Å². The number of methoxy groups -OCH3 is 1. The monoisotopic (exact) mass is 577 g/mol. The molecule has 1 heterocycles. The third-order valence-corrected chi connectivity index (χ3v) is 9.18. The fourth-order valence-electron chi connectivity index (χ4n) is 5.04. The van der Waals surface area contributed by atoms with Gasteiger partial charge in [0.05, 0.1) is 4.90 Å². The lowest BCUT2D eigenvalue weighted by atomic mass is 10.0. The number of carbonyl (C=O) groups is 2. The Kier molecular flexibility index (Phi) is 11.1. The minimum Gasteiger partial charge on any atom is -0.385 e. The first-order valence-electron chi connectivity index (χ1n) is 14.1. The number of nitrogens with one attached hydrogen (secondary N) is 1. The van der Waals surface area contributed by atoms with Gasteiger partial charge < -0.3 is 15.0 Å². The van der Waals surface area contributed by atoms with Crippen molar-refractivity contribution in [2.24, 2.45) is 0 Å². The third-order valence-electron chi connectivity index (χ3n) is 7.27. The summed E-state index contributed by atoms with van der Waals surface area (Å²) >= 11 is 0. The fraction of sp³-hybridized carbons (Fsp3) is 0.375. The first-order valence-corrected chi connectivity index (χ1v) is 15.6. The summed E-state index contributed by atoms with van der Waals surface area (Å²) in [5, 5.41) is 2.98. The summed E-state index contributed by atoms with van der Waals surface area (Å²) < 4.78 is 32.4. The summed E-state index contributed by atoms with van der Waals surface area (Å²) in [6.07, 6.45) is 3.03. The molecule has 0 aromatic heterocycles. The summed E-state index contributed by atoms with van der Waals surface area (Å²) in [5.74, 6) is -0.406. The van der Waals surface area contributed by atoms with Gasteiger partial charge in [-0.05, 0) is 54.5 Å². The standard InChI is InChI=1S/C32H39N3O5S/c1-40-24-10-21-33-32(37)31(28-13-6-3-7-14-28)35(25-27-11-4-2-5-12-27)30(36)20-17-26-15-18-29(19-16-26)41(38,39)34-22-8-9-23-34/h2-7,11-16,18-19,31H,8-10,17,20-25H2,1H3,(H,33,37)/t31-/m1/s1. The van der Waals surface area contributed by atoms with Gasteiger partial charge in [0.2, 0.25) is 21.8 Å². The number of benzene rings is 3. The van der Waals surface area contributed by atoms with Crippen molar-refractivity contribution in [1.82, 2.24) is 14.5 Å². The van der Waals surface area contributed by atoms with Crippen LogP contribution >= 0.6 is 0 Å². The molecule has 2 amide bonds. The third kappa shape index (κ3) is 8.25. The zero-order valence-electron chi connectivity index (χ0n) is 23.6. The molecule has 1 atom stereocenters. The fourth-order valence-corrected chi connectivity index (χ4v) is 6.55. The lowest BCUT2D eigenvalue weighted by Crippen LogP contribution is -2.43. The highest BCUT2D eigenvalue weighted by molar-refractivity contribution is 7.89. The summed E-state index contributed by atoms with van der Waals surface area (Å²) in [4.78, 5) is 29.3. The van der Waals surface area contributed by atoms with Crippen molar-refractivity contribution >= 4 is 21.8 Å². The second kappa shape index (κ2) is 14.9. The van der Waals surface area contributed by atoms with Gasteiger partial charge in [0.1, 0.15) is 6.04 Å². The molecule has 8 nitrogen and oxygen atoms in total. The lowest BCUT2D eigenvalue weighted by Gasteiger charge is -2.32. The summed E-state index contributed by atoms with van der Waals surface area (Å²) in [5.41, 5.74) is 2.52. The molecular formula is C32H39N3O5S. The van der Waals surface area contributed by atoms with Gasteiger partial charge in [-0.3, -0.25) is 9.59 Å². The number of hydrogen-bond acceptors (Lipinski definition) is 5. The maximum atomic E-state index is 13.8. The Morgan fingerprint density at radius 1 is 0.902 bits per heavy atom. The number of hydrogen-bond donors (Lipinski definition) is 1. The molecule has 0 aliphatic carbocycles. The minimum atomic E-state index is -3.49. The van der Waals surface area contributed by atoms with Crippen LogP contribution in [0.3, 0.4) is 0 Å². The number of sulfonamides is 1. The summed E-state index contributed by atoms with van der Waals surface area (Å²) in [7, 11) is -1.87. The Labute approximate surface area is 243 Å². The topological polar surface area (TPSA) is 96.0 Å². The van der Waals surface area contributed by atoms with Crippen LogP contribution in [0.1, 0.15) is 48.4 Å². The molecule has 9 heteroatoms. The quantitative estimate of drug-likeness (QED) is 0.288. The van der Waals surface area contributed by atoms with E-state index in [1.54, 1.807) is 36.3 Å². The first-order chi connectivity index (χ1) is 19.9. The molecule has 0 saturated carbocycles. The molecule has 1 saturated heterocycles. The van der Waals surface area contributed by atoms with E-state index in [-0.39, 0.29) is 29.7 Å². The number of carbonyl (C=O) groups excluding carboxylic acids is 2. The average Bonchev–Trinajstić information content (AvgIpc) is 3.55. The van der Waals surface area contributed by atoms with Crippen LogP contribution in [0.15, 0.2) is 89.8 Å². The Morgan fingerprint density at radius 3 is 2.17 bits per heavy atom. The van der Waals surface area contributed by atoms with Crippen molar-refractivity contribution in [2.75, 3.05) is 33.4 Å². The Bertz CT molecular complexity index is 1360. The van der Waals surface area contributed by atoms with E-state index in [0.717, 1.165) is 29.5 Å². The smallest absolute Gasteiger partial charge is 0.247 e. The van der Waals surface area contributed by atoms with E-state index in [4.69, 9.17) is 4.74 Å². The summed E-state index contributed by atoms with van der Waals surface area (Å²) in [6, 6.07) is 25.0. The van der Waals surface area contributed by atoms with Crippen LogP contribution in [0.2, 0.25) is 0 Å². The van der Waals surface area contributed by atoms with Crippen molar-refractivity contribution in [3.8, 4) is 0 Å². The molecular weight excluding hydrogens is 538 g/mol. The van der Waals surface area contributed by atoms with E-state index >= 15 is 0 Å². The first kappa shape index (κ1) is 30.4. The van der Waals surface area contributed by atoms with Crippen LogP contribution in [0.5, 0.6) is 0 Å². The second-order valence-corrected chi connectivity index (χ2v) is 12.2. The highest BCUT2D eigenvalue weighted by Gasteiger charge is 2.31. The van der Waals surface area contributed by atoms with E-state index in [0.29, 0.717) is 39.1 Å². The average molecular weight is 578 g/mol. The van der Waals surface area contributed by atoms with E-state index in [2.05, 4.69) is 5.32 Å². The zero-order valence-corrected chi connectivity index (χ0v) is 24.4. The van der Waals surface area contributed by atoms with E-state index in [1.807, 2.05) is 60.7 Å². The van der Waals surface area contributed by atoms with Crippen LogP contribution < -0.4 is 5.32 Å². The Balaban J connectivity index is 1.53. The van der Waals surface area contributed by atoms with E-state index < -0.39 is 16.1 Å². The van der Waals surface area contributed by atoms with Gasteiger partial charge in [0, 0.05) is 46.3 Å². The maximum absolute atomic E-state index is 13.8. The number of amides is 2. The number of ether oxygens (including phenoxy) is 1. The maximum Gasteiger partial charge on any atom is 0.247 e. The number of rotatable bonds is 14. The van der Waals surface area contributed by atoms with Crippen LogP contribution in [-0.4, -0.2) is 62.8 Å². The van der Waals surface area contributed by atoms with Crippen LogP contribution in [0.25, 0.3) is 0 Å². The molecule has 1 aliphatic rings. The van der Waals surface area contributed by atoms with Crippen LogP contribution in [-0.2, 0) is 37.3 Å². The van der Waals surface area contributed by atoms with Gasteiger partial charge in [0.15, 0.2) is 0 Å². The number of aryl methyl sites for hydroxylation is 1. The molecule has 0 spiro atoms. The second-order valence-electron chi connectivity index (χ2n) is 10.2. The normalized spacial score (nSPS) is 14.5.